The molecule has 0 atom stereocenters. The van der Waals surface area contributed by atoms with E-state index in [1.807, 2.05) is 6.92 Å². The highest BCUT2D eigenvalue weighted by Crippen LogP contribution is 2.30. The molecule has 0 saturated carbocycles. The minimum Gasteiger partial charge on any atom is -0.495 e. The fourth-order valence-electron chi connectivity index (χ4n) is 2.25. The summed E-state index contributed by atoms with van der Waals surface area (Å²) in [6.45, 7) is 5.55. The number of ether oxygens (including phenoxy) is 2. The van der Waals surface area contributed by atoms with Gasteiger partial charge in [-0.15, -0.1) is 0 Å². The average molecular weight is 391 g/mol. The molecule has 2 amide bonds. The Kier molecular flexibility index (Phi) is 6.69. The number of methoxy groups -OCH3 is 1. The Morgan fingerprint density at radius 3 is 2.26 bits per heavy atom. The lowest BCUT2D eigenvalue weighted by atomic mass is 9.90. The second-order valence-corrected chi connectivity index (χ2v) is 6.77. The summed E-state index contributed by atoms with van der Waals surface area (Å²) in [5, 5.41) is 5.90. The monoisotopic (exact) mass is 390 g/mol. The smallest absolute Gasteiger partial charge is 0.239 e. The van der Waals surface area contributed by atoms with E-state index in [0.717, 1.165) is 0 Å². The molecule has 0 unspecified atom stereocenters. The van der Waals surface area contributed by atoms with Gasteiger partial charge in [0.05, 0.1) is 19.4 Å². The molecular formula is C20H23ClN2O4. The van der Waals surface area contributed by atoms with Crippen molar-refractivity contribution in [1.29, 1.82) is 0 Å². The van der Waals surface area contributed by atoms with Gasteiger partial charge in [-0.1, -0.05) is 11.6 Å². The second kappa shape index (κ2) is 8.77. The summed E-state index contributed by atoms with van der Waals surface area (Å²) >= 11 is 5.98. The van der Waals surface area contributed by atoms with Gasteiger partial charge in [0.15, 0.2) is 0 Å². The maximum Gasteiger partial charge on any atom is 0.239 e. The fraction of sp³-hybridized carbons (Fsp3) is 0.300. The van der Waals surface area contributed by atoms with E-state index < -0.39 is 17.2 Å². The van der Waals surface area contributed by atoms with Crippen molar-refractivity contribution in [3.05, 3.63) is 47.5 Å². The zero-order valence-corrected chi connectivity index (χ0v) is 16.5. The zero-order valence-electron chi connectivity index (χ0n) is 15.8. The standard InChI is InChI=1S/C20H23ClN2O4/c1-5-27-15-9-7-14(8-10-15)22-18(24)20(2,3)19(25)23-16-12-13(21)6-11-17(16)26-4/h6-12H,5H2,1-4H3,(H,22,24)(H,23,25). The maximum atomic E-state index is 12.7. The quantitative estimate of drug-likeness (QED) is 0.689. The van der Waals surface area contributed by atoms with Crippen LogP contribution in [-0.2, 0) is 9.59 Å². The summed E-state index contributed by atoms with van der Waals surface area (Å²) < 4.78 is 10.6. The minimum atomic E-state index is -1.33. The van der Waals surface area contributed by atoms with Gasteiger partial charge in [0.25, 0.3) is 0 Å². The van der Waals surface area contributed by atoms with Crippen molar-refractivity contribution >= 4 is 34.8 Å². The third kappa shape index (κ3) is 5.14. The molecule has 0 heterocycles. The SMILES string of the molecule is CCOc1ccc(NC(=O)C(C)(C)C(=O)Nc2cc(Cl)ccc2OC)cc1. The Bertz CT molecular complexity index is 819. The van der Waals surface area contributed by atoms with E-state index in [4.69, 9.17) is 21.1 Å². The van der Waals surface area contributed by atoms with Gasteiger partial charge in [-0.2, -0.15) is 0 Å². The number of rotatable bonds is 7. The van der Waals surface area contributed by atoms with Gasteiger partial charge in [-0.25, -0.2) is 0 Å². The first-order valence-electron chi connectivity index (χ1n) is 8.47. The Labute approximate surface area is 163 Å². The molecule has 0 radical (unpaired) electrons. The van der Waals surface area contributed by atoms with Crippen LogP contribution in [0.2, 0.25) is 5.02 Å². The van der Waals surface area contributed by atoms with E-state index in [9.17, 15) is 9.59 Å². The van der Waals surface area contributed by atoms with E-state index >= 15 is 0 Å². The Morgan fingerprint density at radius 2 is 1.67 bits per heavy atom. The number of carbonyl (C=O) groups excluding carboxylic acids is 2. The van der Waals surface area contributed by atoms with Gasteiger partial charge in [-0.05, 0) is 63.2 Å². The Balaban J connectivity index is 2.10. The number of halogens is 1. The van der Waals surface area contributed by atoms with Crippen LogP contribution in [-0.4, -0.2) is 25.5 Å². The van der Waals surface area contributed by atoms with Crippen LogP contribution < -0.4 is 20.1 Å². The van der Waals surface area contributed by atoms with Gasteiger partial charge in [0.2, 0.25) is 11.8 Å². The van der Waals surface area contributed by atoms with Crippen molar-refractivity contribution in [3.63, 3.8) is 0 Å². The van der Waals surface area contributed by atoms with E-state index in [1.54, 1.807) is 56.3 Å². The van der Waals surface area contributed by atoms with Gasteiger partial charge >= 0.3 is 0 Å². The first-order chi connectivity index (χ1) is 12.8. The third-order valence-corrected chi connectivity index (χ3v) is 4.20. The molecule has 0 aromatic heterocycles. The number of nitrogens with one attached hydrogen (secondary N) is 2. The molecule has 0 saturated heterocycles. The number of hydrogen-bond donors (Lipinski definition) is 2. The molecule has 6 nitrogen and oxygen atoms in total. The second-order valence-electron chi connectivity index (χ2n) is 6.34. The van der Waals surface area contributed by atoms with E-state index in [1.165, 1.54) is 7.11 Å². The molecule has 2 N–H and O–H groups in total. The van der Waals surface area contributed by atoms with Crippen molar-refractivity contribution in [3.8, 4) is 11.5 Å². The van der Waals surface area contributed by atoms with Gasteiger partial charge < -0.3 is 20.1 Å². The highest BCUT2D eigenvalue weighted by Gasteiger charge is 2.36. The van der Waals surface area contributed by atoms with Crippen LogP contribution in [0.1, 0.15) is 20.8 Å². The third-order valence-electron chi connectivity index (χ3n) is 3.97. The summed E-state index contributed by atoms with van der Waals surface area (Å²) in [6.07, 6.45) is 0. The van der Waals surface area contributed by atoms with E-state index in [0.29, 0.717) is 34.5 Å². The molecule has 2 aromatic rings. The molecule has 27 heavy (non-hydrogen) atoms. The highest BCUT2D eigenvalue weighted by atomic mass is 35.5. The molecule has 144 valence electrons. The van der Waals surface area contributed by atoms with Crippen LogP contribution in [0, 0.1) is 5.41 Å². The normalized spacial score (nSPS) is 10.9. The van der Waals surface area contributed by atoms with Crippen LogP contribution in [0.3, 0.4) is 0 Å². The van der Waals surface area contributed by atoms with E-state index in [-0.39, 0.29) is 0 Å². The Morgan fingerprint density at radius 1 is 1.04 bits per heavy atom. The van der Waals surface area contributed by atoms with Crippen LogP contribution in [0.5, 0.6) is 11.5 Å². The van der Waals surface area contributed by atoms with Crippen LogP contribution >= 0.6 is 11.6 Å². The van der Waals surface area contributed by atoms with E-state index in [2.05, 4.69) is 10.6 Å². The maximum absolute atomic E-state index is 12.7. The van der Waals surface area contributed by atoms with Gasteiger partial charge in [0, 0.05) is 10.7 Å². The topological polar surface area (TPSA) is 76.7 Å². The Hall–Kier alpha value is -2.73. The van der Waals surface area contributed by atoms with Crippen molar-refractivity contribution in [1.82, 2.24) is 0 Å². The molecule has 2 rings (SSSR count). The lowest BCUT2D eigenvalue weighted by molar-refractivity contribution is -0.135. The number of carbonyl (C=O) groups is 2. The average Bonchev–Trinajstić information content (AvgIpc) is 2.63. The molecular weight excluding hydrogens is 368 g/mol. The number of benzene rings is 2. The number of anilines is 2. The molecule has 0 fully saturated rings. The zero-order chi connectivity index (χ0) is 20.0. The molecule has 7 heteroatoms. The van der Waals surface area contributed by atoms with Gasteiger partial charge in [0.1, 0.15) is 16.9 Å². The van der Waals surface area contributed by atoms with Crippen LogP contribution in [0.25, 0.3) is 0 Å². The minimum absolute atomic E-state index is 0.400. The van der Waals surface area contributed by atoms with Gasteiger partial charge in [-0.3, -0.25) is 9.59 Å². The lowest BCUT2D eigenvalue weighted by Gasteiger charge is -2.23. The molecule has 0 spiro atoms. The molecule has 0 aliphatic rings. The molecule has 0 aliphatic heterocycles. The summed E-state index contributed by atoms with van der Waals surface area (Å²) in [5.74, 6) is 0.243. The molecule has 0 bridgehead atoms. The first kappa shape index (κ1) is 20.6. The van der Waals surface area contributed by atoms with Crippen molar-refractivity contribution in [2.45, 2.75) is 20.8 Å². The molecule has 0 aliphatic carbocycles. The van der Waals surface area contributed by atoms with Crippen molar-refractivity contribution in [2.75, 3.05) is 24.4 Å². The highest BCUT2D eigenvalue weighted by molar-refractivity contribution is 6.31. The number of amides is 2. The van der Waals surface area contributed by atoms with Crippen molar-refractivity contribution < 1.29 is 19.1 Å². The summed E-state index contributed by atoms with van der Waals surface area (Å²) in [5.41, 5.74) is -0.354. The molecule has 2 aromatic carbocycles. The van der Waals surface area contributed by atoms with Crippen LogP contribution in [0.15, 0.2) is 42.5 Å². The summed E-state index contributed by atoms with van der Waals surface area (Å²) in [7, 11) is 1.49. The number of hydrogen-bond acceptors (Lipinski definition) is 4. The fourth-order valence-corrected chi connectivity index (χ4v) is 2.42. The summed E-state index contributed by atoms with van der Waals surface area (Å²) in [4.78, 5) is 25.3. The van der Waals surface area contributed by atoms with Crippen molar-refractivity contribution in [2.24, 2.45) is 5.41 Å². The lowest BCUT2D eigenvalue weighted by Crippen LogP contribution is -2.41. The predicted octanol–water partition coefficient (Wildman–Crippen LogP) is 4.35. The first-order valence-corrected chi connectivity index (χ1v) is 8.85. The van der Waals surface area contributed by atoms with Crippen LogP contribution in [0.4, 0.5) is 11.4 Å². The largest absolute Gasteiger partial charge is 0.495 e. The predicted molar refractivity (Wildman–Crippen MR) is 107 cm³/mol. The summed E-state index contributed by atoms with van der Waals surface area (Å²) in [6, 6.07) is 11.8.